The van der Waals surface area contributed by atoms with Gasteiger partial charge in [0.15, 0.2) is 0 Å². The number of nitrogens with one attached hydrogen (secondary N) is 1. The quantitative estimate of drug-likeness (QED) is 0.491. The van der Waals surface area contributed by atoms with E-state index in [2.05, 4.69) is 5.43 Å². The van der Waals surface area contributed by atoms with E-state index in [1.165, 1.54) is 12.1 Å². The van der Waals surface area contributed by atoms with Crippen LogP contribution in [0.4, 0.5) is 17.6 Å². The molecule has 6 heteroatoms. The van der Waals surface area contributed by atoms with Crippen LogP contribution in [0.5, 0.6) is 0 Å². The van der Waals surface area contributed by atoms with Gasteiger partial charge in [-0.25, -0.2) is 4.39 Å². The Labute approximate surface area is 96.8 Å². The van der Waals surface area contributed by atoms with Crippen molar-refractivity contribution in [2.75, 3.05) is 0 Å². The van der Waals surface area contributed by atoms with Crippen molar-refractivity contribution < 1.29 is 17.6 Å². The fourth-order valence-electron chi connectivity index (χ4n) is 1.65. The monoisotopic (exact) mass is 250 g/mol. The van der Waals surface area contributed by atoms with Crippen molar-refractivity contribution in [3.63, 3.8) is 0 Å². The predicted octanol–water partition coefficient (Wildman–Crippen LogP) is 3.00. The number of halogens is 4. The van der Waals surface area contributed by atoms with Crippen molar-refractivity contribution >= 4 is 0 Å². The fraction of sp³-hybridized carbons (Fsp3) is 0.455. The number of hydrogen-bond donors (Lipinski definition) is 2. The summed E-state index contributed by atoms with van der Waals surface area (Å²) in [7, 11) is 0. The molecule has 1 rings (SSSR count). The van der Waals surface area contributed by atoms with Crippen molar-refractivity contribution in [1.82, 2.24) is 5.43 Å². The molecule has 17 heavy (non-hydrogen) atoms. The van der Waals surface area contributed by atoms with E-state index in [-0.39, 0.29) is 11.5 Å². The SMILES string of the molecule is CC(C)C(NN)c1cccc(C(F)(F)F)c1F. The average Bonchev–Trinajstić information content (AvgIpc) is 2.19. The zero-order chi connectivity index (χ0) is 13.2. The second-order valence-corrected chi connectivity index (χ2v) is 4.09. The third kappa shape index (κ3) is 2.95. The van der Waals surface area contributed by atoms with Crippen LogP contribution in [-0.4, -0.2) is 0 Å². The van der Waals surface area contributed by atoms with E-state index in [1.54, 1.807) is 13.8 Å². The molecule has 0 aromatic heterocycles. The van der Waals surface area contributed by atoms with Crippen LogP contribution in [0.3, 0.4) is 0 Å². The predicted molar refractivity (Wildman–Crippen MR) is 56.3 cm³/mol. The zero-order valence-corrected chi connectivity index (χ0v) is 9.48. The van der Waals surface area contributed by atoms with Crippen LogP contribution < -0.4 is 11.3 Å². The van der Waals surface area contributed by atoms with Crippen LogP contribution in [0, 0.1) is 11.7 Å². The first kappa shape index (κ1) is 13.9. The minimum Gasteiger partial charge on any atom is -0.271 e. The molecule has 1 unspecified atom stereocenters. The first-order valence-electron chi connectivity index (χ1n) is 5.10. The molecule has 0 spiro atoms. The molecule has 0 amide bonds. The van der Waals surface area contributed by atoms with Gasteiger partial charge in [-0.1, -0.05) is 26.0 Å². The number of alkyl halides is 3. The summed E-state index contributed by atoms with van der Waals surface area (Å²) < 4.78 is 51.3. The Balaban J connectivity index is 3.27. The van der Waals surface area contributed by atoms with Gasteiger partial charge in [-0.2, -0.15) is 13.2 Å². The Hall–Kier alpha value is -1.14. The molecule has 0 saturated carbocycles. The second kappa shape index (κ2) is 5.01. The van der Waals surface area contributed by atoms with E-state index in [0.717, 1.165) is 0 Å². The lowest BCUT2D eigenvalue weighted by Gasteiger charge is -2.22. The van der Waals surface area contributed by atoms with Crippen molar-refractivity contribution in [2.45, 2.75) is 26.1 Å². The van der Waals surface area contributed by atoms with Gasteiger partial charge in [0.05, 0.1) is 11.6 Å². The number of hydrazine groups is 1. The molecule has 1 atom stereocenters. The molecule has 0 fully saturated rings. The summed E-state index contributed by atoms with van der Waals surface area (Å²) in [6.45, 7) is 3.48. The maximum atomic E-state index is 13.8. The summed E-state index contributed by atoms with van der Waals surface area (Å²) in [5.41, 5.74) is 0.990. The first-order valence-corrected chi connectivity index (χ1v) is 5.10. The molecular formula is C11H14F4N2. The van der Waals surface area contributed by atoms with E-state index in [0.29, 0.717) is 6.07 Å². The molecule has 0 heterocycles. The van der Waals surface area contributed by atoms with Crippen molar-refractivity contribution in [1.29, 1.82) is 0 Å². The molecule has 0 radical (unpaired) electrons. The van der Waals surface area contributed by atoms with Gasteiger partial charge in [-0.15, -0.1) is 0 Å². The van der Waals surface area contributed by atoms with Crippen LogP contribution in [0.15, 0.2) is 18.2 Å². The molecule has 2 nitrogen and oxygen atoms in total. The van der Waals surface area contributed by atoms with Gasteiger partial charge in [0.25, 0.3) is 0 Å². The van der Waals surface area contributed by atoms with Crippen molar-refractivity contribution in [3.8, 4) is 0 Å². The molecule has 1 aromatic rings. The van der Waals surface area contributed by atoms with E-state index < -0.39 is 23.6 Å². The standard InChI is InChI=1S/C11H14F4N2/c1-6(2)10(17-16)7-4-3-5-8(9(7)12)11(13,14)15/h3-6,10,17H,16H2,1-2H3. The molecule has 0 aliphatic heterocycles. The summed E-state index contributed by atoms with van der Waals surface area (Å²) in [6.07, 6.45) is -4.70. The lowest BCUT2D eigenvalue weighted by molar-refractivity contribution is -0.140. The van der Waals surface area contributed by atoms with E-state index in [9.17, 15) is 17.6 Å². The molecule has 0 saturated heterocycles. The highest BCUT2D eigenvalue weighted by Crippen LogP contribution is 2.34. The maximum absolute atomic E-state index is 13.8. The van der Waals surface area contributed by atoms with Crippen LogP contribution in [0.25, 0.3) is 0 Å². The van der Waals surface area contributed by atoms with E-state index >= 15 is 0 Å². The van der Waals surface area contributed by atoms with Crippen molar-refractivity contribution in [3.05, 3.63) is 35.1 Å². The minimum atomic E-state index is -4.70. The normalized spacial score (nSPS) is 14.1. The summed E-state index contributed by atoms with van der Waals surface area (Å²) in [4.78, 5) is 0. The van der Waals surface area contributed by atoms with E-state index in [1.807, 2.05) is 0 Å². The van der Waals surface area contributed by atoms with Gasteiger partial charge in [0, 0.05) is 5.56 Å². The fourth-order valence-corrected chi connectivity index (χ4v) is 1.65. The van der Waals surface area contributed by atoms with Crippen LogP contribution >= 0.6 is 0 Å². The third-order valence-electron chi connectivity index (χ3n) is 2.52. The Kier molecular flexibility index (Phi) is 4.11. The van der Waals surface area contributed by atoms with Gasteiger partial charge in [0.2, 0.25) is 0 Å². The molecule has 3 N–H and O–H groups in total. The summed E-state index contributed by atoms with van der Waals surface area (Å²) >= 11 is 0. The highest BCUT2D eigenvalue weighted by molar-refractivity contribution is 5.30. The summed E-state index contributed by atoms with van der Waals surface area (Å²) in [6, 6.07) is 2.53. The molecule has 1 aromatic carbocycles. The molecule has 0 bridgehead atoms. The minimum absolute atomic E-state index is 0.0719. The maximum Gasteiger partial charge on any atom is 0.419 e. The lowest BCUT2D eigenvalue weighted by atomic mass is 9.94. The Morgan fingerprint density at radius 1 is 1.24 bits per heavy atom. The van der Waals surface area contributed by atoms with Gasteiger partial charge < -0.3 is 0 Å². The molecule has 0 aliphatic carbocycles. The number of benzene rings is 1. The van der Waals surface area contributed by atoms with Gasteiger partial charge in [0.1, 0.15) is 5.82 Å². The largest absolute Gasteiger partial charge is 0.419 e. The second-order valence-electron chi connectivity index (χ2n) is 4.09. The smallest absolute Gasteiger partial charge is 0.271 e. The Morgan fingerprint density at radius 3 is 2.24 bits per heavy atom. The number of hydrogen-bond acceptors (Lipinski definition) is 2. The lowest BCUT2D eigenvalue weighted by Crippen LogP contribution is -2.32. The highest BCUT2D eigenvalue weighted by Gasteiger charge is 2.35. The van der Waals surface area contributed by atoms with Gasteiger partial charge >= 0.3 is 6.18 Å². The Bertz CT molecular complexity index is 388. The third-order valence-corrected chi connectivity index (χ3v) is 2.52. The summed E-state index contributed by atoms with van der Waals surface area (Å²) in [5, 5.41) is 0. The van der Waals surface area contributed by atoms with Crippen LogP contribution in [-0.2, 0) is 6.18 Å². The van der Waals surface area contributed by atoms with Gasteiger partial charge in [-0.05, 0) is 12.0 Å². The van der Waals surface area contributed by atoms with Crippen molar-refractivity contribution in [2.24, 2.45) is 11.8 Å². The molecular weight excluding hydrogens is 236 g/mol. The first-order chi connectivity index (χ1) is 7.79. The number of nitrogens with two attached hydrogens (primary N) is 1. The topological polar surface area (TPSA) is 38.0 Å². The van der Waals surface area contributed by atoms with E-state index in [4.69, 9.17) is 5.84 Å². The highest BCUT2D eigenvalue weighted by atomic mass is 19.4. The van der Waals surface area contributed by atoms with Crippen LogP contribution in [0.2, 0.25) is 0 Å². The van der Waals surface area contributed by atoms with Crippen LogP contribution in [0.1, 0.15) is 31.0 Å². The average molecular weight is 250 g/mol. The molecule has 96 valence electrons. The molecule has 0 aliphatic rings. The zero-order valence-electron chi connectivity index (χ0n) is 9.48. The Morgan fingerprint density at radius 2 is 1.82 bits per heavy atom. The van der Waals surface area contributed by atoms with Gasteiger partial charge in [-0.3, -0.25) is 11.3 Å². The summed E-state index contributed by atoms with van der Waals surface area (Å²) in [5.74, 6) is 3.84. The number of rotatable bonds is 3.